The molecular weight excluding hydrogens is 286 g/mol. The van der Waals surface area contributed by atoms with E-state index in [1.165, 1.54) is 17.9 Å². The smallest absolute Gasteiger partial charge is 0.293 e. The van der Waals surface area contributed by atoms with Crippen LogP contribution in [-0.4, -0.2) is 48.2 Å². The van der Waals surface area contributed by atoms with E-state index in [9.17, 15) is 19.7 Å². The molecule has 1 atom stereocenters. The second-order valence-corrected chi connectivity index (χ2v) is 5.60. The molecule has 0 saturated carbocycles. The number of nitro benzene ring substituents is 1. The van der Waals surface area contributed by atoms with Crippen LogP contribution in [0, 0.1) is 10.1 Å². The Morgan fingerprint density at radius 2 is 2.05 bits per heavy atom. The Morgan fingerprint density at radius 1 is 1.36 bits per heavy atom. The van der Waals surface area contributed by atoms with E-state index < -0.39 is 11.0 Å². The van der Waals surface area contributed by atoms with Gasteiger partial charge in [0.2, 0.25) is 5.91 Å². The van der Waals surface area contributed by atoms with E-state index in [0.717, 1.165) is 6.42 Å². The predicted octanol–water partition coefficient (Wildman–Crippen LogP) is 1.85. The average Bonchev–Trinajstić information content (AvgIpc) is 2.94. The number of likely N-dealkylation sites (N-methyl/N-ethyl adjacent to an activating group) is 1. The summed E-state index contributed by atoms with van der Waals surface area (Å²) in [7, 11) is 3.35. The molecule has 0 bridgehead atoms. The molecule has 7 heteroatoms. The number of hydrogen-bond acceptors (Lipinski definition) is 5. The molecule has 0 N–H and O–H groups in total. The summed E-state index contributed by atoms with van der Waals surface area (Å²) < 4.78 is 0. The normalized spacial score (nSPS) is 17.4. The van der Waals surface area contributed by atoms with Crippen LogP contribution in [0.5, 0.6) is 0 Å². The third-order valence-electron chi connectivity index (χ3n) is 3.87. The summed E-state index contributed by atoms with van der Waals surface area (Å²) >= 11 is 0. The van der Waals surface area contributed by atoms with Gasteiger partial charge in [0.25, 0.3) is 5.69 Å². The summed E-state index contributed by atoms with van der Waals surface area (Å²) in [4.78, 5) is 37.8. The highest BCUT2D eigenvalue weighted by molar-refractivity contribution is 5.96. The molecule has 1 amide bonds. The van der Waals surface area contributed by atoms with E-state index in [2.05, 4.69) is 0 Å². The van der Waals surface area contributed by atoms with Crippen LogP contribution in [0.4, 0.5) is 11.4 Å². The van der Waals surface area contributed by atoms with E-state index >= 15 is 0 Å². The Hall–Kier alpha value is -2.44. The maximum atomic E-state index is 12.2. The minimum absolute atomic E-state index is 0.0672. The van der Waals surface area contributed by atoms with Crippen LogP contribution in [-0.2, 0) is 4.79 Å². The van der Waals surface area contributed by atoms with Crippen molar-refractivity contribution in [1.29, 1.82) is 0 Å². The van der Waals surface area contributed by atoms with Crippen LogP contribution in [0.25, 0.3) is 0 Å². The topological polar surface area (TPSA) is 83.8 Å². The number of carbonyl (C=O) groups is 2. The van der Waals surface area contributed by atoms with E-state index in [1.54, 1.807) is 31.1 Å². The third-order valence-corrected chi connectivity index (χ3v) is 3.87. The van der Waals surface area contributed by atoms with Crippen LogP contribution in [0.2, 0.25) is 0 Å². The molecule has 0 aliphatic carbocycles. The number of ketones is 1. The van der Waals surface area contributed by atoms with Gasteiger partial charge in [0.15, 0.2) is 5.78 Å². The lowest BCUT2D eigenvalue weighted by Crippen LogP contribution is -2.43. The lowest BCUT2D eigenvalue weighted by molar-refractivity contribution is -0.384. The highest BCUT2D eigenvalue weighted by Gasteiger charge is 2.35. The van der Waals surface area contributed by atoms with Crippen molar-refractivity contribution in [3.05, 3.63) is 33.9 Å². The fourth-order valence-corrected chi connectivity index (χ4v) is 2.74. The second kappa shape index (κ2) is 6.13. The molecule has 0 aromatic heterocycles. The number of carbonyl (C=O) groups excluding carboxylic acids is 2. The summed E-state index contributed by atoms with van der Waals surface area (Å²) in [6.07, 6.45) is 1.47. The van der Waals surface area contributed by atoms with Gasteiger partial charge in [-0.15, -0.1) is 0 Å². The number of nitro groups is 1. The second-order valence-electron chi connectivity index (χ2n) is 5.60. The standard InChI is InChI=1S/C15H19N3O4/c1-10(19)11-6-7-12(14(9-11)18(21)22)17-8-4-5-13(17)15(20)16(2)3/h6-7,9,13H,4-5,8H2,1-3H3. The van der Waals surface area contributed by atoms with Crippen LogP contribution >= 0.6 is 0 Å². The number of nitrogens with zero attached hydrogens (tertiary/aromatic N) is 3. The Labute approximate surface area is 128 Å². The van der Waals surface area contributed by atoms with Crippen molar-refractivity contribution < 1.29 is 14.5 Å². The van der Waals surface area contributed by atoms with Crippen LogP contribution in [0.3, 0.4) is 0 Å². The molecule has 1 aromatic carbocycles. The lowest BCUT2D eigenvalue weighted by Gasteiger charge is -2.27. The number of hydrogen-bond donors (Lipinski definition) is 0. The number of benzene rings is 1. The molecule has 0 radical (unpaired) electrons. The number of anilines is 1. The minimum atomic E-state index is -0.503. The molecule has 1 heterocycles. The largest absolute Gasteiger partial charge is 0.354 e. The van der Waals surface area contributed by atoms with Gasteiger partial charge in [-0.3, -0.25) is 19.7 Å². The summed E-state index contributed by atoms with van der Waals surface area (Å²) in [5, 5.41) is 11.3. The first-order valence-corrected chi connectivity index (χ1v) is 7.10. The van der Waals surface area contributed by atoms with Crippen LogP contribution in [0.15, 0.2) is 18.2 Å². The zero-order chi connectivity index (χ0) is 16.4. The number of amides is 1. The summed E-state index contributed by atoms with van der Waals surface area (Å²) in [6.45, 7) is 1.96. The zero-order valence-corrected chi connectivity index (χ0v) is 12.9. The first-order valence-electron chi connectivity index (χ1n) is 7.10. The van der Waals surface area contributed by atoms with Crippen molar-refractivity contribution in [3.8, 4) is 0 Å². The van der Waals surface area contributed by atoms with Gasteiger partial charge in [0.05, 0.1) is 4.92 Å². The minimum Gasteiger partial charge on any atom is -0.354 e. The van der Waals surface area contributed by atoms with Crippen LogP contribution in [0.1, 0.15) is 30.1 Å². The van der Waals surface area contributed by atoms with E-state index in [4.69, 9.17) is 0 Å². The SMILES string of the molecule is CC(=O)c1ccc(N2CCCC2C(=O)N(C)C)c([N+](=O)[O-])c1. The molecule has 118 valence electrons. The molecule has 1 aliphatic rings. The highest BCUT2D eigenvalue weighted by Crippen LogP contribution is 2.34. The fourth-order valence-electron chi connectivity index (χ4n) is 2.74. The highest BCUT2D eigenvalue weighted by atomic mass is 16.6. The molecule has 1 aromatic rings. The Balaban J connectivity index is 2.44. The van der Waals surface area contributed by atoms with Gasteiger partial charge >= 0.3 is 0 Å². The van der Waals surface area contributed by atoms with Gasteiger partial charge in [-0.1, -0.05) is 0 Å². The van der Waals surface area contributed by atoms with Gasteiger partial charge in [0, 0.05) is 32.3 Å². The van der Waals surface area contributed by atoms with Gasteiger partial charge in [-0.05, 0) is 31.9 Å². The Bertz CT molecular complexity index is 627. The maximum Gasteiger partial charge on any atom is 0.293 e. The van der Waals surface area contributed by atoms with Crippen molar-refractivity contribution in [2.45, 2.75) is 25.8 Å². The summed E-state index contributed by atoms with van der Waals surface area (Å²) in [6, 6.07) is 4.03. The molecule has 2 rings (SSSR count). The van der Waals surface area contributed by atoms with Gasteiger partial charge < -0.3 is 9.80 Å². The molecule has 22 heavy (non-hydrogen) atoms. The molecular formula is C15H19N3O4. The zero-order valence-electron chi connectivity index (χ0n) is 12.9. The first kappa shape index (κ1) is 15.9. The fraction of sp³-hybridized carbons (Fsp3) is 0.467. The number of Topliss-reactive ketones (excluding diaryl/α,β-unsaturated/α-hetero) is 1. The molecule has 1 aliphatic heterocycles. The lowest BCUT2D eigenvalue weighted by atomic mass is 10.1. The maximum absolute atomic E-state index is 12.2. The van der Waals surface area contributed by atoms with Crippen molar-refractivity contribution in [1.82, 2.24) is 4.90 Å². The van der Waals surface area contributed by atoms with Crippen LogP contribution < -0.4 is 4.90 Å². The van der Waals surface area contributed by atoms with Gasteiger partial charge in [-0.25, -0.2) is 0 Å². The first-order chi connectivity index (χ1) is 10.3. The predicted molar refractivity (Wildman–Crippen MR) is 82.2 cm³/mol. The molecule has 1 saturated heterocycles. The molecule has 0 spiro atoms. The van der Waals surface area contributed by atoms with Crippen molar-refractivity contribution >= 4 is 23.1 Å². The molecule has 1 unspecified atom stereocenters. The Morgan fingerprint density at radius 3 is 2.59 bits per heavy atom. The van der Waals surface area contributed by atoms with E-state index in [0.29, 0.717) is 24.2 Å². The van der Waals surface area contributed by atoms with Crippen molar-refractivity contribution in [3.63, 3.8) is 0 Å². The quantitative estimate of drug-likeness (QED) is 0.481. The molecule has 1 fully saturated rings. The van der Waals surface area contributed by atoms with E-state index in [-0.39, 0.29) is 17.4 Å². The van der Waals surface area contributed by atoms with E-state index in [1.807, 2.05) is 0 Å². The van der Waals surface area contributed by atoms with Crippen molar-refractivity contribution in [2.75, 3.05) is 25.5 Å². The monoisotopic (exact) mass is 305 g/mol. The molecule has 7 nitrogen and oxygen atoms in total. The number of rotatable bonds is 4. The van der Waals surface area contributed by atoms with Crippen molar-refractivity contribution in [2.24, 2.45) is 0 Å². The van der Waals surface area contributed by atoms with Gasteiger partial charge in [-0.2, -0.15) is 0 Å². The third kappa shape index (κ3) is 2.93. The summed E-state index contributed by atoms with van der Waals surface area (Å²) in [5.41, 5.74) is 0.559. The Kier molecular flexibility index (Phi) is 4.44. The average molecular weight is 305 g/mol. The summed E-state index contributed by atoms with van der Waals surface area (Å²) in [5.74, 6) is -0.292. The van der Waals surface area contributed by atoms with Gasteiger partial charge in [0.1, 0.15) is 11.7 Å².